The van der Waals surface area contributed by atoms with Crippen LogP contribution in [0.2, 0.25) is 0 Å². The Kier molecular flexibility index (Phi) is 5.62. The van der Waals surface area contributed by atoms with Crippen LogP contribution in [0, 0.1) is 5.92 Å². The minimum atomic E-state index is -3.56. The summed E-state index contributed by atoms with van der Waals surface area (Å²) >= 11 is 0. The molecule has 1 fully saturated rings. The third kappa shape index (κ3) is 3.76. The smallest absolute Gasteiger partial charge is 0.261 e. The Bertz CT molecular complexity index is 855. The van der Waals surface area contributed by atoms with Gasteiger partial charge >= 0.3 is 0 Å². The normalized spacial score (nSPS) is 16.7. The van der Waals surface area contributed by atoms with E-state index in [4.69, 9.17) is 9.26 Å². The van der Waals surface area contributed by atoms with E-state index in [2.05, 4.69) is 17.1 Å². The first-order valence-corrected chi connectivity index (χ1v) is 10.4. The molecule has 2 aromatic rings. The molecule has 0 N–H and O–H groups in total. The second-order valence-electron chi connectivity index (χ2n) is 6.71. The zero-order chi connectivity index (χ0) is 18.7. The van der Waals surface area contributed by atoms with E-state index in [1.165, 1.54) is 7.11 Å². The Morgan fingerprint density at radius 2 is 2.04 bits per heavy atom. The summed E-state index contributed by atoms with van der Waals surface area (Å²) in [5.41, 5.74) is 0.494. The fourth-order valence-electron chi connectivity index (χ4n) is 3.08. The molecule has 3 rings (SSSR count). The highest BCUT2D eigenvalue weighted by molar-refractivity contribution is 7.89. The number of benzene rings is 1. The van der Waals surface area contributed by atoms with Gasteiger partial charge in [-0.2, -0.15) is 9.29 Å². The quantitative estimate of drug-likeness (QED) is 0.766. The van der Waals surface area contributed by atoms with Crippen LogP contribution in [0.1, 0.15) is 38.9 Å². The molecule has 1 aliphatic heterocycles. The Balaban J connectivity index is 1.96. The van der Waals surface area contributed by atoms with Gasteiger partial charge in [0.1, 0.15) is 5.75 Å². The molecular formula is C18H25N3O4S. The average Bonchev–Trinajstić information content (AvgIpc) is 3.10. The minimum absolute atomic E-state index is 0.220. The molecule has 0 bridgehead atoms. The van der Waals surface area contributed by atoms with Crippen LogP contribution in [0.25, 0.3) is 11.5 Å². The summed E-state index contributed by atoms with van der Waals surface area (Å²) in [5.74, 6) is 1.93. The molecular weight excluding hydrogens is 354 g/mol. The van der Waals surface area contributed by atoms with Crippen LogP contribution in [-0.2, 0) is 16.4 Å². The second kappa shape index (κ2) is 7.75. The SMILES string of the molecule is CCCc1noc(-c2cc(S(=O)(=O)N3CCC(C)CC3)ccc2OC)n1. The highest BCUT2D eigenvalue weighted by Crippen LogP contribution is 2.33. The largest absolute Gasteiger partial charge is 0.496 e. The van der Waals surface area contributed by atoms with Crippen molar-refractivity contribution in [2.75, 3.05) is 20.2 Å². The highest BCUT2D eigenvalue weighted by atomic mass is 32.2. The summed E-state index contributed by atoms with van der Waals surface area (Å²) in [6.07, 6.45) is 3.37. The number of aryl methyl sites for hydroxylation is 1. The lowest BCUT2D eigenvalue weighted by Crippen LogP contribution is -2.37. The van der Waals surface area contributed by atoms with Gasteiger partial charge in [-0.1, -0.05) is 19.0 Å². The van der Waals surface area contributed by atoms with Gasteiger partial charge in [0.2, 0.25) is 10.0 Å². The number of sulfonamides is 1. The first-order valence-electron chi connectivity index (χ1n) is 8.96. The van der Waals surface area contributed by atoms with Gasteiger partial charge in [-0.05, 0) is 43.4 Å². The second-order valence-corrected chi connectivity index (χ2v) is 8.65. The van der Waals surface area contributed by atoms with Gasteiger partial charge in [-0.15, -0.1) is 0 Å². The Morgan fingerprint density at radius 3 is 2.69 bits per heavy atom. The van der Waals surface area contributed by atoms with E-state index in [1.54, 1.807) is 22.5 Å². The van der Waals surface area contributed by atoms with Crippen LogP contribution >= 0.6 is 0 Å². The molecule has 2 heterocycles. The molecule has 1 saturated heterocycles. The summed E-state index contributed by atoms with van der Waals surface area (Å²) < 4.78 is 38.2. The van der Waals surface area contributed by atoms with E-state index in [1.807, 2.05) is 6.92 Å². The van der Waals surface area contributed by atoms with Gasteiger partial charge in [0.25, 0.3) is 5.89 Å². The molecule has 1 aromatic carbocycles. The third-order valence-corrected chi connectivity index (χ3v) is 6.62. The number of ether oxygens (including phenoxy) is 1. The molecule has 0 amide bonds. The fourth-order valence-corrected chi connectivity index (χ4v) is 4.57. The van der Waals surface area contributed by atoms with Crippen LogP contribution in [-0.4, -0.2) is 43.1 Å². The molecule has 1 aromatic heterocycles. The molecule has 8 heteroatoms. The van der Waals surface area contributed by atoms with Crippen LogP contribution in [0.5, 0.6) is 5.75 Å². The number of hydrogen-bond acceptors (Lipinski definition) is 6. The van der Waals surface area contributed by atoms with Crippen LogP contribution < -0.4 is 4.74 Å². The summed E-state index contributed by atoms with van der Waals surface area (Å²) in [4.78, 5) is 4.58. The van der Waals surface area contributed by atoms with Crippen molar-refractivity contribution in [3.05, 3.63) is 24.0 Å². The molecule has 0 spiro atoms. The van der Waals surface area contributed by atoms with E-state index in [9.17, 15) is 8.42 Å². The number of nitrogens with zero attached hydrogens (tertiary/aromatic N) is 3. The van der Waals surface area contributed by atoms with Crippen molar-refractivity contribution in [3.63, 3.8) is 0 Å². The summed E-state index contributed by atoms with van der Waals surface area (Å²) in [6.45, 7) is 5.28. The highest BCUT2D eigenvalue weighted by Gasteiger charge is 2.29. The zero-order valence-corrected chi connectivity index (χ0v) is 16.3. The van der Waals surface area contributed by atoms with E-state index < -0.39 is 10.0 Å². The molecule has 26 heavy (non-hydrogen) atoms. The van der Waals surface area contributed by atoms with Crippen molar-refractivity contribution >= 4 is 10.0 Å². The monoisotopic (exact) mass is 379 g/mol. The molecule has 142 valence electrons. The van der Waals surface area contributed by atoms with Crippen LogP contribution in [0.15, 0.2) is 27.6 Å². The van der Waals surface area contributed by atoms with Gasteiger partial charge in [0, 0.05) is 19.5 Å². The standard InChI is InChI=1S/C18H25N3O4S/c1-4-5-17-19-18(25-20-17)15-12-14(6-7-16(15)24-3)26(22,23)21-10-8-13(2)9-11-21/h6-7,12-13H,4-5,8-11H2,1-3H3. The van der Waals surface area contributed by atoms with Crippen LogP contribution in [0.4, 0.5) is 0 Å². The maximum absolute atomic E-state index is 13.0. The molecule has 1 aliphatic rings. The molecule has 0 saturated carbocycles. The van der Waals surface area contributed by atoms with Gasteiger partial charge < -0.3 is 9.26 Å². The Labute approximate surface area is 154 Å². The van der Waals surface area contributed by atoms with Crippen molar-refractivity contribution in [3.8, 4) is 17.2 Å². The summed E-state index contributed by atoms with van der Waals surface area (Å²) in [5, 5.41) is 3.95. The van der Waals surface area contributed by atoms with Crippen molar-refractivity contribution < 1.29 is 17.7 Å². The lowest BCUT2D eigenvalue weighted by Gasteiger charge is -2.29. The van der Waals surface area contributed by atoms with Crippen molar-refractivity contribution in [1.82, 2.24) is 14.4 Å². The predicted octanol–water partition coefficient (Wildman–Crippen LogP) is 3.12. The summed E-state index contributed by atoms with van der Waals surface area (Å²) in [6, 6.07) is 4.77. The van der Waals surface area contributed by atoms with E-state index >= 15 is 0 Å². The van der Waals surface area contributed by atoms with Gasteiger partial charge in [-0.25, -0.2) is 8.42 Å². The van der Waals surface area contributed by atoms with E-state index in [-0.39, 0.29) is 10.8 Å². The van der Waals surface area contributed by atoms with Crippen molar-refractivity contribution in [1.29, 1.82) is 0 Å². The molecule has 0 atom stereocenters. The first kappa shape index (κ1) is 18.8. The topological polar surface area (TPSA) is 85.5 Å². The van der Waals surface area contributed by atoms with Crippen LogP contribution in [0.3, 0.4) is 0 Å². The first-order chi connectivity index (χ1) is 12.5. The average molecular weight is 379 g/mol. The Hall–Kier alpha value is -1.93. The van der Waals surface area contributed by atoms with Crippen molar-refractivity contribution in [2.24, 2.45) is 5.92 Å². The van der Waals surface area contributed by atoms with Gasteiger partial charge in [0.15, 0.2) is 5.82 Å². The zero-order valence-electron chi connectivity index (χ0n) is 15.4. The molecule has 7 nitrogen and oxygen atoms in total. The summed E-state index contributed by atoms with van der Waals surface area (Å²) in [7, 11) is -2.03. The predicted molar refractivity (Wildman–Crippen MR) is 97.4 cm³/mol. The number of piperidine rings is 1. The lowest BCUT2D eigenvalue weighted by atomic mass is 10.0. The fraction of sp³-hybridized carbons (Fsp3) is 0.556. The molecule has 0 aliphatic carbocycles. The minimum Gasteiger partial charge on any atom is -0.496 e. The maximum Gasteiger partial charge on any atom is 0.261 e. The number of rotatable bonds is 6. The Morgan fingerprint density at radius 1 is 1.31 bits per heavy atom. The van der Waals surface area contributed by atoms with Gasteiger partial charge in [-0.3, -0.25) is 0 Å². The maximum atomic E-state index is 13.0. The third-order valence-electron chi connectivity index (χ3n) is 4.72. The van der Waals surface area contributed by atoms with E-state index in [0.717, 1.165) is 19.3 Å². The number of aromatic nitrogens is 2. The van der Waals surface area contributed by atoms with Gasteiger partial charge in [0.05, 0.1) is 17.6 Å². The molecule has 0 unspecified atom stereocenters. The molecule has 0 radical (unpaired) electrons. The number of hydrogen-bond donors (Lipinski definition) is 0. The number of methoxy groups -OCH3 is 1. The lowest BCUT2D eigenvalue weighted by molar-refractivity contribution is 0.288. The van der Waals surface area contributed by atoms with E-state index in [0.29, 0.717) is 42.6 Å². The van der Waals surface area contributed by atoms with Crippen molar-refractivity contribution in [2.45, 2.75) is 44.4 Å².